The van der Waals surface area contributed by atoms with Gasteiger partial charge in [-0.3, -0.25) is 4.79 Å². The molecule has 25 heavy (non-hydrogen) atoms. The Balaban J connectivity index is 1.49. The number of aryl methyl sites for hydroxylation is 1. The standard InChI is InChI=1S/C20H22N4O/c1-23-19-13-17(9-10-18(19)21-22-23)20(25)24-11-5-8-16(14-24)12-15-6-3-2-4-7-15/h2-4,6-7,9-10,13,16H,5,8,11-12,14H2,1H3. The SMILES string of the molecule is Cn1nnc2ccc(C(=O)N3CCCC(Cc4ccccc4)C3)cc21. The van der Waals surface area contributed by atoms with Gasteiger partial charge in [-0.15, -0.1) is 5.10 Å². The molecule has 128 valence electrons. The first-order chi connectivity index (χ1) is 12.2. The summed E-state index contributed by atoms with van der Waals surface area (Å²) in [6, 6.07) is 16.2. The molecule has 0 aliphatic carbocycles. The number of amides is 1. The molecule has 3 aromatic rings. The van der Waals surface area contributed by atoms with E-state index in [4.69, 9.17) is 0 Å². The van der Waals surface area contributed by atoms with Crippen molar-refractivity contribution in [2.45, 2.75) is 19.3 Å². The molecule has 4 rings (SSSR count). The number of nitrogens with zero attached hydrogens (tertiary/aromatic N) is 4. The number of rotatable bonds is 3. The number of carbonyl (C=O) groups is 1. The third kappa shape index (κ3) is 3.27. The number of carbonyl (C=O) groups excluding carboxylic acids is 1. The van der Waals surface area contributed by atoms with Crippen molar-refractivity contribution in [1.29, 1.82) is 0 Å². The maximum absolute atomic E-state index is 13.0. The van der Waals surface area contributed by atoms with Gasteiger partial charge in [-0.25, -0.2) is 4.68 Å². The molecule has 2 heterocycles. The lowest BCUT2D eigenvalue weighted by Crippen LogP contribution is -2.40. The van der Waals surface area contributed by atoms with Crippen LogP contribution in [0.2, 0.25) is 0 Å². The van der Waals surface area contributed by atoms with Crippen LogP contribution in [0.3, 0.4) is 0 Å². The first-order valence-electron chi connectivity index (χ1n) is 8.83. The summed E-state index contributed by atoms with van der Waals surface area (Å²) in [4.78, 5) is 15.0. The van der Waals surface area contributed by atoms with E-state index in [1.165, 1.54) is 12.0 Å². The predicted molar refractivity (Wildman–Crippen MR) is 97.3 cm³/mol. The maximum atomic E-state index is 13.0. The second-order valence-electron chi connectivity index (χ2n) is 6.87. The molecule has 1 aromatic heterocycles. The second-order valence-corrected chi connectivity index (χ2v) is 6.87. The van der Waals surface area contributed by atoms with Crippen LogP contribution in [0.1, 0.15) is 28.8 Å². The van der Waals surface area contributed by atoms with Gasteiger partial charge in [-0.1, -0.05) is 35.5 Å². The molecular formula is C20H22N4O. The fraction of sp³-hybridized carbons (Fsp3) is 0.350. The van der Waals surface area contributed by atoms with Crippen molar-refractivity contribution in [2.24, 2.45) is 13.0 Å². The van der Waals surface area contributed by atoms with Gasteiger partial charge in [0.1, 0.15) is 5.52 Å². The molecule has 1 amide bonds. The van der Waals surface area contributed by atoms with E-state index in [1.807, 2.05) is 36.2 Å². The minimum atomic E-state index is 0.112. The molecule has 0 spiro atoms. The Bertz CT molecular complexity index is 887. The van der Waals surface area contributed by atoms with Crippen LogP contribution in [-0.4, -0.2) is 38.9 Å². The first kappa shape index (κ1) is 15.8. The molecule has 1 fully saturated rings. The fourth-order valence-electron chi connectivity index (χ4n) is 3.71. The molecule has 0 saturated carbocycles. The van der Waals surface area contributed by atoms with Gasteiger partial charge in [-0.2, -0.15) is 0 Å². The average Bonchev–Trinajstić information content (AvgIpc) is 3.03. The monoisotopic (exact) mass is 334 g/mol. The van der Waals surface area contributed by atoms with Crippen LogP contribution in [0.15, 0.2) is 48.5 Å². The lowest BCUT2D eigenvalue weighted by molar-refractivity contribution is 0.0673. The van der Waals surface area contributed by atoms with Crippen LogP contribution < -0.4 is 0 Å². The Labute approximate surface area is 147 Å². The zero-order valence-corrected chi connectivity index (χ0v) is 14.4. The summed E-state index contributed by atoms with van der Waals surface area (Å²) in [5, 5.41) is 8.09. The third-order valence-corrected chi connectivity index (χ3v) is 5.03. The number of hydrogen-bond acceptors (Lipinski definition) is 3. The molecule has 1 unspecified atom stereocenters. The van der Waals surface area contributed by atoms with Crippen LogP contribution >= 0.6 is 0 Å². The maximum Gasteiger partial charge on any atom is 0.253 e. The fourth-order valence-corrected chi connectivity index (χ4v) is 3.71. The minimum absolute atomic E-state index is 0.112. The quantitative estimate of drug-likeness (QED) is 0.740. The number of piperidine rings is 1. The average molecular weight is 334 g/mol. The Morgan fingerprint density at radius 1 is 1.20 bits per heavy atom. The van der Waals surface area contributed by atoms with Gasteiger partial charge in [-0.05, 0) is 48.9 Å². The number of fused-ring (bicyclic) bond motifs is 1. The van der Waals surface area contributed by atoms with Crippen LogP contribution in [0.5, 0.6) is 0 Å². The topological polar surface area (TPSA) is 51.0 Å². The highest BCUT2D eigenvalue weighted by Gasteiger charge is 2.25. The normalized spacial score (nSPS) is 17.8. The van der Waals surface area contributed by atoms with Gasteiger partial charge in [0.05, 0.1) is 5.52 Å². The van der Waals surface area contributed by atoms with E-state index in [0.717, 1.165) is 42.5 Å². The van der Waals surface area contributed by atoms with Crippen molar-refractivity contribution in [2.75, 3.05) is 13.1 Å². The Morgan fingerprint density at radius 2 is 2.04 bits per heavy atom. The van der Waals surface area contributed by atoms with Gasteiger partial charge < -0.3 is 4.90 Å². The minimum Gasteiger partial charge on any atom is -0.338 e. The molecule has 1 atom stereocenters. The molecule has 1 aliphatic heterocycles. The summed E-state index contributed by atoms with van der Waals surface area (Å²) in [7, 11) is 1.85. The van der Waals surface area contributed by atoms with E-state index in [-0.39, 0.29) is 5.91 Å². The molecule has 2 aromatic carbocycles. The zero-order valence-electron chi connectivity index (χ0n) is 14.4. The molecule has 5 heteroatoms. The Hall–Kier alpha value is -2.69. The highest BCUT2D eigenvalue weighted by atomic mass is 16.2. The lowest BCUT2D eigenvalue weighted by Gasteiger charge is -2.33. The van der Waals surface area contributed by atoms with Crippen molar-refractivity contribution in [3.05, 3.63) is 59.7 Å². The van der Waals surface area contributed by atoms with Crippen molar-refractivity contribution < 1.29 is 4.79 Å². The van der Waals surface area contributed by atoms with Crippen LogP contribution in [0.4, 0.5) is 0 Å². The molecule has 1 saturated heterocycles. The van der Waals surface area contributed by atoms with Gasteiger partial charge in [0, 0.05) is 25.7 Å². The number of hydrogen-bond donors (Lipinski definition) is 0. The summed E-state index contributed by atoms with van der Waals surface area (Å²) >= 11 is 0. The van der Waals surface area contributed by atoms with Crippen LogP contribution in [0.25, 0.3) is 11.0 Å². The molecular weight excluding hydrogens is 312 g/mol. The van der Waals surface area contributed by atoms with Crippen molar-refractivity contribution in [3.63, 3.8) is 0 Å². The Kier molecular flexibility index (Phi) is 4.22. The number of benzene rings is 2. The van der Waals surface area contributed by atoms with E-state index in [1.54, 1.807) is 4.68 Å². The first-order valence-corrected chi connectivity index (χ1v) is 8.83. The summed E-state index contributed by atoms with van der Waals surface area (Å²) < 4.78 is 1.71. The van der Waals surface area contributed by atoms with Crippen molar-refractivity contribution in [1.82, 2.24) is 19.9 Å². The van der Waals surface area contributed by atoms with E-state index >= 15 is 0 Å². The van der Waals surface area contributed by atoms with Gasteiger partial charge >= 0.3 is 0 Å². The molecule has 0 radical (unpaired) electrons. The predicted octanol–water partition coefficient (Wildman–Crippen LogP) is 3.06. The summed E-state index contributed by atoms with van der Waals surface area (Å²) in [5.74, 6) is 0.642. The summed E-state index contributed by atoms with van der Waals surface area (Å²) in [5.41, 5.74) is 3.78. The highest BCUT2D eigenvalue weighted by molar-refractivity contribution is 5.97. The largest absolute Gasteiger partial charge is 0.338 e. The number of aromatic nitrogens is 3. The third-order valence-electron chi connectivity index (χ3n) is 5.03. The lowest BCUT2D eigenvalue weighted by atomic mass is 9.91. The van der Waals surface area contributed by atoms with Crippen LogP contribution in [-0.2, 0) is 13.5 Å². The molecule has 5 nitrogen and oxygen atoms in total. The number of likely N-dealkylation sites (tertiary alicyclic amines) is 1. The highest BCUT2D eigenvalue weighted by Crippen LogP contribution is 2.23. The van der Waals surface area contributed by atoms with Crippen molar-refractivity contribution >= 4 is 16.9 Å². The molecule has 0 N–H and O–H groups in total. The van der Waals surface area contributed by atoms with Gasteiger partial charge in [0.15, 0.2) is 0 Å². The smallest absolute Gasteiger partial charge is 0.253 e. The Morgan fingerprint density at radius 3 is 2.88 bits per heavy atom. The van der Waals surface area contributed by atoms with Gasteiger partial charge in [0.2, 0.25) is 0 Å². The second kappa shape index (κ2) is 6.67. The van der Waals surface area contributed by atoms with Gasteiger partial charge in [0.25, 0.3) is 5.91 Å². The van der Waals surface area contributed by atoms with Crippen LogP contribution in [0, 0.1) is 5.92 Å². The van der Waals surface area contributed by atoms with E-state index < -0.39 is 0 Å². The molecule has 1 aliphatic rings. The van der Waals surface area contributed by atoms with E-state index in [2.05, 4.69) is 34.6 Å². The summed E-state index contributed by atoms with van der Waals surface area (Å²) in [6.45, 7) is 1.67. The molecule has 0 bridgehead atoms. The van der Waals surface area contributed by atoms with E-state index in [9.17, 15) is 4.79 Å². The van der Waals surface area contributed by atoms with Crippen molar-refractivity contribution in [3.8, 4) is 0 Å². The zero-order chi connectivity index (χ0) is 17.2. The van der Waals surface area contributed by atoms with E-state index in [0.29, 0.717) is 5.92 Å². The summed E-state index contributed by atoms with van der Waals surface area (Å²) in [6.07, 6.45) is 3.29.